The lowest BCUT2D eigenvalue weighted by Gasteiger charge is -2.17. The maximum Gasteiger partial charge on any atom is 0.307 e. The minimum atomic E-state index is -0.223. The van der Waals surface area contributed by atoms with Crippen LogP contribution < -0.4 is 0 Å². The Labute approximate surface area is 244 Å². The number of rotatable bonds is 30. The summed E-state index contributed by atoms with van der Waals surface area (Å²) in [4.78, 5) is 12.0. The first-order chi connectivity index (χ1) is 18.1. The van der Waals surface area contributed by atoms with Gasteiger partial charge in [0.2, 0.25) is 0 Å². The van der Waals surface area contributed by atoms with E-state index in [0.29, 0.717) is 12.5 Å². The number of esters is 1. The molecule has 0 saturated heterocycles. The van der Waals surface area contributed by atoms with E-state index in [4.69, 9.17) is 4.74 Å². The zero-order valence-electron chi connectivity index (χ0n) is 25.2. The maximum absolute atomic E-state index is 12.0. The van der Waals surface area contributed by atoms with Crippen LogP contribution in [0.5, 0.6) is 0 Å². The standard InChI is InChI=1S/C33H66O2S2/c1-3-5-7-9-11-13-15-16-17-18-20-22-24-26-28-31(30-35-32(34)29-33(36)37)27-25-23-21-19-14-12-10-8-6-4-2/h31,33,36-37H,3-30H2,1-2H3. The number of carbonyl (C=O) groups excluding carboxylic acids is 1. The summed E-state index contributed by atoms with van der Waals surface area (Å²) in [7, 11) is 0. The molecular formula is C33H66O2S2. The topological polar surface area (TPSA) is 26.3 Å². The van der Waals surface area contributed by atoms with Gasteiger partial charge in [-0.05, 0) is 18.8 Å². The zero-order valence-corrected chi connectivity index (χ0v) is 27.0. The fraction of sp³-hybridized carbons (Fsp3) is 0.970. The van der Waals surface area contributed by atoms with Gasteiger partial charge in [-0.3, -0.25) is 4.79 Å². The number of ether oxygens (including phenoxy) is 1. The van der Waals surface area contributed by atoms with E-state index in [0.717, 1.165) is 0 Å². The van der Waals surface area contributed by atoms with Crippen LogP contribution in [-0.2, 0) is 9.53 Å². The Morgan fingerprint density at radius 1 is 0.514 bits per heavy atom. The third-order valence-electron chi connectivity index (χ3n) is 7.76. The minimum absolute atomic E-state index is 0.149. The first-order valence-electron chi connectivity index (χ1n) is 16.6. The summed E-state index contributed by atoms with van der Waals surface area (Å²) in [6, 6.07) is 0. The predicted octanol–water partition coefficient (Wildman–Crippen LogP) is 11.9. The van der Waals surface area contributed by atoms with Crippen LogP contribution in [0.1, 0.15) is 187 Å². The van der Waals surface area contributed by atoms with Crippen LogP contribution in [-0.4, -0.2) is 17.2 Å². The summed E-state index contributed by atoms with van der Waals surface area (Å²) < 4.78 is 5.37. The van der Waals surface area contributed by atoms with Crippen LogP contribution in [0.25, 0.3) is 0 Å². The second kappa shape index (κ2) is 30.7. The molecular weight excluding hydrogens is 492 g/mol. The average molecular weight is 559 g/mol. The van der Waals surface area contributed by atoms with Crippen LogP contribution in [0.15, 0.2) is 0 Å². The van der Waals surface area contributed by atoms with Crippen molar-refractivity contribution in [2.75, 3.05) is 6.61 Å². The maximum atomic E-state index is 12.0. The highest BCUT2D eigenvalue weighted by molar-refractivity contribution is 7.99. The molecule has 0 aliphatic heterocycles. The van der Waals surface area contributed by atoms with Gasteiger partial charge in [-0.25, -0.2) is 0 Å². The van der Waals surface area contributed by atoms with E-state index >= 15 is 0 Å². The molecule has 222 valence electrons. The van der Waals surface area contributed by atoms with Crippen molar-refractivity contribution in [2.45, 2.75) is 192 Å². The Bertz CT molecular complexity index is 456. The quantitative estimate of drug-likeness (QED) is 0.0397. The monoisotopic (exact) mass is 558 g/mol. The first-order valence-corrected chi connectivity index (χ1v) is 17.6. The van der Waals surface area contributed by atoms with Gasteiger partial charge in [0.05, 0.1) is 17.6 Å². The molecule has 0 aromatic carbocycles. The molecule has 0 aromatic heterocycles. The highest BCUT2D eigenvalue weighted by atomic mass is 32.2. The summed E-state index contributed by atoms with van der Waals surface area (Å²) in [6.45, 7) is 5.16. The van der Waals surface area contributed by atoms with Crippen molar-refractivity contribution in [1.29, 1.82) is 0 Å². The van der Waals surface area contributed by atoms with E-state index < -0.39 is 0 Å². The molecule has 0 heterocycles. The van der Waals surface area contributed by atoms with Gasteiger partial charge in [0.1, 0.15) is 0 Å². The highest BCUT2D eigenvalue weighted by Crippen LogP contribution is 2.21. The third kappa shape index (κ3) is 30.6. The third-order valence-corrected chi connectivity index (χ3v) is 8.13. The van der Waals surface area contributed by atoms with Crippen molar-refractivity contribution in [3.8, 4) is 0 Å². The Morgan fingerprint density at radius 3 is 1.11 bits per heavy atom. The van der Waals surface area contributed by atoms with Gasteiger partial charge in [0, 0.05) is 0 Å². The van der Waals surface area contributed by atoms with E-state index in [2.05, 4.69) is 39.1 Å². The molecule has 0 rings (SSSR count). The molecule has 0 bridgehead atoms. The van der Waals surface area contributed by atoms with Gasteiger partial charge in [-0.15, -0.1) is 0 Å². The normalized spacial score (nSPS) is 12.4. The highest BCUT2D eigenvalue weighted by Gasteiger charge is 2.13. The van der Waals surface area contributed by atoms with E-state index in [-0.39, 0.29) is 17.0 Å². The lowest BCUT2D eigenvalue weighted by atomic mass is 9.94. The summed E-state index contributed by atoms with van der Waals surface area (Å²) >= 11 is 8.40. The molecule has 0 amide bonds. The molecule has 0 fully saturated rings. The Balaban J connectivity index is 3.84. The molecule has 1 unspecified atom stereocenters. The first kappa shape index (κ1) is 37.2. The van der Waals surface area contributed by atoms with E-state index in [9.17, 15) is 4.79 Å². The molecule has 1 atom stereocenters. The van der Waals surface area contributed by atoms with Gasteiger partial charge >= 0.3 is 5.97 Å². The van der Waals surface area contributed by atoms with Crippen molar-refractivity contribution >= 4 is 31.2 Å². The molecule has 0 aliphatic carbocycles. The number of thiol groups is 2. The van der Waals surface area contributed by atoms with Crippen molar-refractivity contribution in [1.82, 2.24) is 0 Å². The second-order valence-corrected chi connectivity index (χ2v) is 13.2. The van der Waals surface area contributed by atoms with Crippen LogP contribution in [0.2, 0.25) is 0 Å². The molecule has 0 aliphatic rings. The molecule has 0 N–H and O–H groups in total. The average Bonchev–Trinajstić information content (AvgIpc) is 2.87. The van der Waals surface area contributed by atoms with Crippen LogP contribution in [0.3, 0.4) is 0 Å². The van der Waals surface area contributed by atoms with Gasteiger partial charge in [0.25, 0.3) is 0 Å². The molecule has 37 heavy (non-hydrogen) atoms. The van der Waals surface area contributed by atoms with Gasteiger partial charge in [-0.1, -0.05) is 168 Å². The number of unbranched alkanes of at least 4 members (excludes halogenated alkanes) is 22. The van der Waals surface area contributed by atoms with Crippen molar-refractivity contribution in [2.24, 2.45) is 5.92 Å². The summed E-state index contributed by atoms with van der Waals surface area (Å²) in [5.41, 5.74) is 0. The van der Waals surface area contributed by atoms with E-state index in [1.165, 1.54) is 167 Å². The second-order valence-electron chi connectivity index (χ2n) is 11.6. The largest absolute Gasteiger partial charge is 0.465 e. The van der Waals surface area contributed by atoms with Crippen LogP contribution in [0.4, 0.5) is 0 Å². The minimum Gasteiger partial charge on any atom is -0.465 e. The van der Waals surface area contributed by atoms with Gasteiger partial charge < -0.3 is 4.74 Å². The van der Waals surface area contributed by atoms with Crippen LogP contribution in [0, 0.1) is 5.92 Å². The van der Waals surface area contributed by atoms with E-state index in [1.54, 1.807) is 0 Å². The lowest BCUT2D eigenvalue weighted by molar-refractivity contribution is -0.144. The Kier molecular flexibility index (Phi) is 30.8. The zero-order chi connectivity index (χ0) is 27.2. The molecule has 0 aromatic rings. The molecule has 0 saturated carbocycles. The van der Waals surface area contributed by atoms with Gasteiger partial charge in [0.15, 0.2) is 0 Å². The molecule has 4 heteroatoms. The summed E-state index contributed by atoms with van der Waals surface area (Å²) in [5, 5.41) is 0. The Morgan fingerprint density at radius 2 is 0.811 bits per heavy atom. The predicted molar refractivity (Wildman–Crippen MR) is 172 cm³/mol. The van der Waals surface area contributed by atoms with Gasteiger partial charge in [-0.2, -0.15) is 25.3 Å². The fourth-order valence-electron chi connectivity index (χ4n) is 5.28. The molecule has 0 radical (unpaired) electrons. The number of hydrogen-bond donors (Lipinski definition) is 2. The van der Waals surface area contributed by atoms with Crippen molar-refractivity contribution in [3.63, 3.8) is 0 Å². The van der Waals surface area contributed by atoms with Crippen molar-refractivity contribution < 1.29 is 9.53 Å². The smallest absolute Gasteiger partial charge is 0.307 e. The number of hydrogen-bond acceptors (Lipinski definition) is 4. The number of carbonyl (C=O) groups is 1. The summed E-state index contributed by atoms with van der Waals surface area (Å²) in [6.07, 6.45) is 36.0. The van der Waals surface area contributed by atoms with Crippen molar-refractivity contribution in [3.05, 3.63) is 0 Å². The fourth-order valence-corrected chi connectivity index (χ4v) is 5.58. The van der Waals surface area contributed by atoms with Crippen LogP contribution >= 0.6 is 25.3 Å². The Hall–Kier alpha value is 0.170. The lowest BCUT2D eigenvalue weighted by Crippen LogP contribution is -2.16. The molecule has 2 nitrogen and oxygen atoms in total. The summed E-state index contributed by atoms with van der Waals surface area (Å²) in [5.74, 6) is 0.373. The van der Waals surface area contributed by atoms with E-state index in [1.807, 2.05) is 0 Å². The molecule has 0 spiro atoms. The SMILES string of the molecule is CCCCCCCCCCCCCCCCC(CCCCCCCCCCCC)COC(=O)CC(S)S.